The molecule has 0 aliphatic rings. The number of carbonyl (C=O) groups excluding carboxylic acids is 2. The lowest BCUT2D eigenvalue weighted by molar-refractivity contribution is -0.148. The summed E-state index contributed by atoms with van der Waals surface area (Å²) in [6.07, 6.45) is 0. The van der Waals surface area contributed by atoms with Gasteiger partial charge in [-0.2, -0.15) is 0 Å². The quantitative estimate of drug-likeness (QED) is 0.437. The number of rotatable bonds is 4. The summed E-state index contributed by atoms with van der Waals surface area (Å²) >= 11 is 0. The Hall–Kier alpha value is -1.85. The minimum Gasteiger partial charge on any atom is -0.481 e. The number of hydrogen-bond acceptors (Lipinski definition) is 5. The van der Waals surface area contributed by atoms with Crippen molar-refractivity contribution in [3.05, 3.63) is 12.2 Å². The van der Waals surface area contributed by atoms with Crippen LogP contribution in [0.4, 0.5) is 0 Å². The van der Waals surface area contributed by atoms with Gasteiger partial charge in [0.1, 0.15) is 13.2 Å². The maximum atomic E-state index is 10.7. The molecule has 16 heavy (non-hydrogen) atoms. The number of hydrogen-bond donors (Lipinski definition) is 1. The van der Waals surface area contributed by atoms with Crippen LogP contribution in [0.2, 0.25) is 0 Å². The molecule has 0 rings (SSSR count). The van der Waals surface area contributed by atoms with E-state index < -0.39 is 11.9 Å². The van der Waals surface area contributed by atoms with Gasteiger partial charge < -0.3 is 14.6 Å². The summed E-state index contributed by atoms with van der Waals surface area (Å²) in [6.45, 7) is 7.48. The van der Waals surface area contributed by atoms with Gasteiger partial charge in [0.15, 0.2) is 0 Å². The first-order valence-electron chi connectivity index (χ1n) is 4.43. The van der Waals surface area contributed by atoms with Crippen LogP contribution in [0.15, 0.2) is 12.2 Å². The molecule has 0 aliphatic heterocycles. The summed E-state index contributed by atoms with van der Waals surface area (Å²) in [4.78, 5) is 30.0. The van der Waals surface area contributed by atoms with E-state index in [0.29, 0.717) is 5.57 Å². The van der Waals surface area contributed by atoms with Crippen molar-refractivity contribution in [1.82, 2.24) is 0 Å². The Morgan fingerprint density at radius 1 is 1.06 bits per heavy atom. The summed E-state index contributed by atoms with van der Waals surface area (Å²) in [7, 11) is 0. The fourth-order valence-corrected chi connectivity index (χ4v) is 0.443. The molecule has 0 saturated heterocycles. The van der Waals surface area contributed by atoms with Crippen LogP contribution in [0.1, 0.15) is 20.8 Å². The van der Waals surface area contributed by atoms with Crippen LogP contribution in [0.5, 0.6) is 0 Å². The highest BCUT2D eigenvalue weighted by atomic mass is 16.6. The van der Waals surface area contributed by atoms with Gasteiger partial charge in [0.2, 0.25) is 0 Å². The zero-order valence-corrected chi connectivity index (χ0v) is 9.61. The molecule has 0 atom stereocenters. The van der Waals surface area contributed by atoms with Gasteiger partial charge in [-0.15, -0.1) is 0 Å². The highest BCUT2D eigenvalue weighted by molar-refractivity contribution is 5.86. The summed E-state index contributed by atoms with van der Waals surface area (Å²) in [5.41, 5.74) is 0.331. The van der Waals surface area contributed by atoms with Gasteiger partial charge in [-0.3, -0.25) is 9.59 Å². The fourth-order valence-electron chi connectivity index (χ4n) is 0.443. The number of carboxylic acid groups (broad SMARTS) is 1. The molecule has 0 spiro atoms. The van der Waals surface area contributed by atoms with Gasteiger partial charge in [0.05, 0.1) is 0 Å². The first-order valence-corrected chi connectivity index (χ1v) is 4.43. The molecule has 92 valence electrons. The van der Waals surface area contributed by atoms with E-state index in [2.05, 4.69) is 16.1 Å². The molecule has 0 bridgehead atoms. The van der Waals surface area contributed by atoms with E-state index in [1.807, 2.05) is 0 Å². The van der Waals surface area contributed by atoms with E-state index in [1.165, 1.54) is 6.92 Å². The summed E-state index contributed by atoms with van der Waals surface area (Å²) in [5.74, 6) is -1.69. The first kappa shape index (κ1) is 16.6. The smallest absolute Gasteiger partial charge is 0.333 e. The van der Waals surface area contributed by atoms with Crippen molar-refractivity contribution in [2.75, 3.05) is 13.2 Å². The van der Waals surface area contributed by atoms with E-state index >= 15 is 0 Å². The van der Waals surface area contributed by atoms with Crippen molar-refractivity contribution in [1.29, 1.82) is 0 Å². The molecule has 1 N–H and O–H groups in total. The summed E-state index contributed by atoms with van der Waals surface area (Å²) in [5, 5.41) is 7.42. The molecule has 6 nitrogen and oxygen atoms in total. The monoisotopic (exact) mass is 232 g/mol. The highest BCUT2D eigenvalue weighted by Gasteiger charge is 2.02. The topological polar surface area (TPSA) is 89.9 Å². The van der Waals surface area contributed by atoms with Gasteiger partial charge in [0.25, 0.3) is 5.97 Å². The Morgan fingerprint density at radius 3 is 1.75 bits per heavy atom. The Kier molecular flexibility index (Phi) is 10.0. The number of carboxylic acids is 1. The van der Waals surface area contributed by atoms with Crippen LogP contribution < -0.4 is 0 Å². The Bertz CT molecular complexity index is 264. The molecule has 6 heteroatoms. The second-order valence-electron chi connectivity index (χ2n) is 2.78. The molecule has 0 aromatic rings. The van der Waals surface area contributed by atoms with E-state index in [-0.39, 0.29) is 19.2 Å². The van der Waals surface area contributed by atoms with Crippen LogP contribution in [0.25, 0.3) is 0 Å². The minimum absolute atomic E-state index is 0.0747. The lowest BCUT2D eigenvalue weighted by Crippen LogP contribution is -2.12. The largest absolute Gasteiger partial charge is 0.481 e. The molecule has 0 radical (unpaired) electrons. The maximum Gasteiger partial charge on any atom is 0.333 e. The van der Waals surface area contributed by atoms with Crippen molar-refractivity contribution in [2.24, 2.45) is 0 Å². The van der Waals surface area contributed by atoms with E-state index in [4.69, 9.17) is 9.90 Å². The predicted molar refractivity (Wildman–Crippen MR) is 55.7 cm³/mol. The van der Waals surface area contributed by atoms with Crippen molar-refractivity contribution < 1.29 is 29.0 Å². The number of esters is 2. The first-order chi connectivity index (χ1) is 7.27. The zero-order valence-electron chi connectivity index (χ0n) is 9.61. The predicted octanol–water partition coefficient (Wildman–Crippen LogP) is 0.760. The van der Waals surface area contributed by atoms with Gasteiger partial charge >= 0.3 is 11.9 Å². The second kappa shape index (κ2) is 9.70. The van der Waals surface area contributed by atoms with Crippen LogP contribution in [0.3, 0.4) is 0 Å². The van der Waals surface area contributed by atoms with Crippen LogP contribution in [0, 0.1) is 0 Å². The van der Waals surface area contributed by atoms with Crippen LogP contribution in [-0.2, 0) is 23.9 Å². The number of ether oxygens (including phenoxy) is 2. The molecule has 0 aliphatic carbocycles. The SMILES string of the molecule is C=C(C)C(=O)OCCOC(C)=O.CC(=O)O. The van der Waals surface area contributed by atoms with Gasteiger partial charge in [-0.05, 0) is 6.92 Å². The number of carbonyl (C=O) groups is 3. The zero-order chi connectivity index (χ0) is 13.1. The minimum atomic E-state index is -0.833. The standard InChI is InChI=1S/C8H12O4.C2H4O2/c1-6(2)8(10)12-5-4-11-7(3)9;1-2(3)4/h1,4-5H2,2-3H3;1H3,(H,3,4). The van der Waals surface area contributed by atoms with E-state index in [1.54, 1.807) is 6.92 Å². The van der Waals surface area contributed by atoms with Crippen LogP contribution in [-0.4, -0.2) is 36.2 Å². The normalized spacial score (nSPS) is 8.19. The molecule has 0 amide bonds. The third-order valence-electron chi connectivity index (χ3n) is 0.970. The number of aliphatic carboxylic acids is 1. The van der Waals surface area contributed by atoms with Crippen molar-refractivity contribution in [3.63, 3.8) is 0 Å². The third kappa shape index (κ3) is 18.0. The summed E-state index contributed by atoms with van der Waals surface area (Å²) in [6, 6.07) is 0. The second-order valence-corrected chi connectivity index (χ2v) is 2.78. The van der Waals surface area contributed by atoms with E-state index in [9.17, 15) is 9.59 Å². The van der Waals surface area contributed by atoms with Gasteiger partial charge in [0, 0.05) is 19.4 Å². The third-order valence-corrected chi connectivity index (χ3v) is 0.970. The van der Waals surface area contributed by atoms with Gasteiger partial charge in [-0.1, -0.05) is 6.58 Å². The lowest BCUT2D eigenvalue weighted by Gasteiger charge is -2.03. The maximum absolute atomic E-state index is 10.7. The van der Waals surface area contributed by atoms with Crippen molar-refractivity contribution >= 4 is 17.9 Å². The average Bonchev–Trinajstić information content (AvgIpc) is 2.10. The molecule has 0 aromatic carbocycles. The Balaban J connectivity index is 0. The lowest BCUT2D eigenvalue weighted by atomic mass is 10.4. The molecule has 0 saturated carbocycles. The molecule has 0 fully saturated rings. The fraction of sp³-hybridized carbons (Fsp3) is 0.500. The van der Waals surface area contributed by atoms with Crippen molar-refractivity contribution in [3.8, 4) is 0 Å². The van der Waals surface area contributed by atoms with Crippen LogP contribution >= 0.6 is 0 Å². The Labute approximate surface area is 93.8 Å². The molecular weight excluding hydrogens is 216 g/mol. The van der Waals surface area contributed by atoms with Crippen molar-refractivity contribution in [2.45, 2.75) is 20.8 Å². The summed E-state index contributed by atoms with van der Waals surface area (Å²) < 4.78 is 9.16. The molecule has 0 unspecified atom stereocenters. The highest BCUT2D eigenvalue weighted by Crippen LogP contribution is 1.91. The Morgan fingerprint density at radius 2 is 1.44 bits per heavy atom. The average molecular weight is 232 g/mol. The molecule has 0 heterocycles. The molecular formula is C10H16O6. The van der Waals surface area contributed by atoms with E-state index in [0.717, 1.165) is 6.92 Å². The van der Waals surface area contributed by atoms with Gasteiger partial charge in [-0.25, -0.2) is 4.79 Å². The molecule has 0 aromatic heterocycles.